The summed E-state index contributed by atoms with van der Waals surface area (Å²) >= 11 is 0. The van der Waals surface area contributed by atoms with Crippen LogP contribution in [0.25, 0.3) is 0 Å². The van der Waals surface area contributed by atoms with Crippen LogP contribution in [0.3, 0.4) is 0 Å². The second-order valence-electron chi connectivity index (χ2n) is 4.45. The first kappa shape index (κ1) is 13.4. The topological polar surface area (TPSA) is 68.3 Å². The van der Waals surface area contributed by atoms with Gasteiger partial charge in [-0.15, -0.1) is 0 Å². The Labute approximate surface area is 112 Å². The largest absolute Gasteiger partial charge is 0.467 e. The lowest BCUT2D eigenvalue weighted by Crippen LogP contribution is -2.26. The fourth-order valence-corrected chi connectivity index (χ4v) is 1.88. The van der Waals surface area contributed by atoms with Crippen molar-refractivity contribution in [3.8, 4) is 0 Å². The minimum absolute atomic E-state index is 0.108. The Balaban J connectivity index is 1.99. The van der Waals surface area contributed by atoms with Crippen LogP contribution in [-0.4, -0.2) is 12.5 Å². The molecule has 2 aromatic rings. The van der Waals surface area contributed by atoms with Gasteiger partial charge < -0.3 is 15.5 Å². The summed E-state index contributed by atoms with van der Waals surface area (Å²) in [5.41, 5.74) is 7.26. The van der Waals surface area contributed by atoms with Crippen molar-refractivity contribution in [1.82, 2.24) is 5.32 Å². The van der Waals surface area contributed by atoms with Crippen molar-refractivity contribution < 1.29 is 9.21 Å². The van der Waals surface area contributed by atoms with Crippen LogP contribution in [0.1, 0.15) is 34.6 Å². The summed E-state index contributed by atoms with van der Waals surface area (Å²) in [5, 5.41) is 2.89. The number of nitrogens with one attached hydrogen (secondary N) is 1. The Bertz CT molecular complexity index is 518. The standard InChI is InChI=1S/C15H18N2O2/c1-11(14-3-2-10-19-14)17-15(18)13-6-4-12(5-7-13)8-9-16/h2-7,10-11H,8-9,16H2,1H3,(H,17,18)/t11-/m1/s1. The highest BCUT2D eigenvalue weighted by Gasteiger charge is 2.13. The molecule has 4 heteroatoms. The summed E-state index contributed by atoms with van der Waals surface area (Å²) in [5.74, 6) is 0.635. The van der Waals surface area contributed by atoms with Crippen LogP contribution < -0.4 is 11.1 Å². The molecule has 0 spiro atoms. The van der Waals surface area contributed by atoms with Crippen molar-refractivity contribution in [2.24, 2.45) is 5.73 Å². The minimum atomic E-state index is -0.147. The van der Waals surface area contributed by atoms with E-state index in [0.717, 1.165) is 17.7 Å². The monoisotopic (exact) mass is 258 g/mol. The SMILES string of the molecule is C[C@@H](NC(=O)c1ccc(CCN)cc1)c1ccco1. The molecule has 0 unspecified atom stereocenters. The van der Waals surface area contributed by atoms with E-state index in [4.69, 9.17) is 10.2 Å². The predicted octanol–water partition coefficient (Wildman–Crippen LogP) is 2.27. The zero-order valence-corrected chi connectivity index (χ0v) is 10.9. The average molecular weight is 258 g/mol. The van der Waals surface area contributed by atoms with Crippen molar-refractivity contribution in [2.75, 3.05) is 6.54 Å². The van der Waals surface area contributed by atoms with Crippen LogP contribution in [0.15, 0.2) is 47.1 Å². The average Bonchev–Trinajstić information content (AvgIpc) is 2.94. The van der Waals surface area contributed by atoms with E-state index in [1.165, 1.54) is 0 Å². The third-order valence-corrected chi connectivity index (χ3v) is 2.97. The highest BCUT2D eigenvalue weighted by Crippen LogP contribution is 2.13. The Kier molecular flexibility index (Phi) is 4.36. The first-order chi connectivity index (χ1) is 9.20. The number of nitrogens with two attached hydrogens (primary N) is 1. The number of furan rings is 1. The van der Waals surface area contributed by atoms with Crippen molar-refractivity contribution in [2.45, 2.75) is 19.4 Å². The highest BCUT2D eigenvalue weighted by molar-refractivity contribution is 5.94. The van der Waals surface area contributed by atoms with Gasteiger partial charge in [-0.3, -0.25) is 4.79 Å². The normalized spacial score (nSPS) is 12.1. The van der Waals surface area contributed by atoms with Gasteiger partial charge in [-0.05, 0) is 49.7 Å². The van der Waals surface area contributed by atoms with Gasteiger partial charge in [-0.2, -0.15) is 0 Å². The number of hydrogen-bond donors (Lipinski definition) is 2. The van der Waals surface area contributed by atoms with Crippen molar-refractivity contribution in [3.05, 3.63) is 59.5 Å². The minimum Gasteiger partial charge on any atom is -0.467 e. The van der Waals surface area contributed by atoms with Gasteiger partial charge in [0.15, 0.2) is 0 Å². The second kappa shape index (κ2) is 6.20. The van der Waals surface area contributed by atoms with E-state index in [1.807, 2.05) is 37.3 Å². The van der Waals surface area contributed by atoms with Gasteiger partial charge in [-0.1, -0.05) is 12.1 Å². The highest BCUT2D eigenvalue weighted by atomic mass is 16.3. The number of carbonyl (C=O) groups excluding carboxylic acids is 1. The molecule has 0 aliphatic rings. The zero-order chi connectivity index (χ0) is 13.7. The molecule has 0 saturated carbocycles. The molecule has 0 aliphatic carbocycles. The Morgan fingerprint density at radius 1 is 1.32 bits per heavy atom. The van der Waals surface area contributed by atoms with Crippen LogP contribution in [0, 0.1) is 0 Å². The maximum atomic E-state index is 12.0. The summed E-state index contributed by atoms with van der Waals surface area (Å²) in [6.45, 7) is 2.50. The molecule has 1 heterocycles. The molecule has 0 bridgehead atoms. The second-order valence-corrected chi connectivity index (χ2v) is 4.45. The van der Waals surface area contributed by atoms with Crippen LogP contribution in [0.5, 0.6) is 0 Å². The molecule has 4 nitrogen and oxygen atoms in total. The van der Waals surface area contributed by atoms with Crippen molar-refractivity contribution in [1.29, 1.82) is 0 Å². The van der Waals surface area contributed by atoms with Crippen molar-refractivity contribution in [3.63, 3.8) is 0 Å². The fraction of sp³-hybridized carbons (Fsp3) is 0.267. The van der Waals surface area contributed by atoms with Crippen LogP contribution >= 0.6 is 0 Å². The molecule has 0 aliphatic heterocycles. The van der Waals surface area contributed by atoms with Gasteiger partial charge >= 0.3 is 0 Å². The molecule has 0 fully saturated rings. The van der Waals surface area contributed by atoms with Crippen LogP contribution in [0.2, 0.25) is 0 Å². The van der Waals surface area contributed by atoms with Gasteiger partial charge in [0.05, 0.1) is 12.3 Å². The van der Waals surface area contributed by atoms with Gasteiger partial charge in [-0.25, -0.2) is 0 Å². The van der Waals surface area contributed by atoms with Gasteiger partial charge in [0, 0.05) is 5.56 Å². The number of rotatable bonds is 5. The number of amides is 1. The summed E-state index contributed by atoms with van der Waals surface area (Å²) < 4.78 is 5.25. The van der Waals surface area contributed by atoms with E-state index in [1.54, 1.807) is 12.3 Å². The van der Waals surface area contributed by atoms with E-state index in [2.05, 4.69) is 5.32 Å². The first-order valence-corrected chi connectivity index (χ1v) is 6.34. The number of hydrogen-bond acceptors (Lipinski definition) is 3. The Morgan fingerprint density at radius 3 is 2.63 bits per heavy atom. The molecule has 1 atom stereocenters. The lowest BCUT2D eigenvalue weighted by molar-refractivity contribution is 0.0935. The maximum absolute atomic E-state index is 12.0. The van der Waals surface area contributed by atoms with Gasteiger partial charge in [0.25, 0.3) is 5.91 Å². The molecule has 1 aromatic carbocycles. The van der Waals surface area contributed by atoms with E-state index in [-0.39, 0.29) is 11.9 Å². The summed E-state index contributed by atoms with van der Waals surface area (Å²) in [6.07, 6.45) is 2.42. The molecule has 19 heavy (non-hydrogen) atoms. The van der Waals surface area contributed by atoms with E-state index in [9.17, 15) is 4.79 Å². The predicted molar refractivity (Wildman–Crippen MR) is 73.8 cm³/mol. The fourth-order valence-electron chi connectivity index (χ4n) is 1.88. The van der Waals surface area contributed by atoms with Crippen LogP contribution in [0.4, 0.5) is 0 Å². The molecule has 100 valence electrons. The van der Waals surface area contributed by atoms with Gasteiger partial charge in [0.2, 0.25) is 0 Å². The lowest BCUT2D eigenvalue weighted by atomic mass is 10.1. The van der Waals surface area contributed by atoms with Crippen molar-refractivity contribution >= 4 is 5.91 Å². The number of benzene rings is 1. The van der Waals surface area contributed by atoms with Gasteiger partial charge in [0.1, 0.15) is 5.76 Å². The molecule has 2 rings (SSSR count). The van der Waals surface area contributed by atoms with E-state index < -0.39 is 0 Å². The molecule has 3 N–H and O–H groups in total. The molecule has 0 saturated heterocycles. The lowest BCUT2D eigenvalue weighted by Gasteiger charge is -2.11. The van der Waals surface area contributed by atoms with E-state index in [0.29, 0.717) is 12.1 Å². The molecule has 1 amide bonds. The van der Waals surface area contributed by atoms with E-state index >= 15 is 0 Å². The summed E-state index contributed by atoms with van der Waals surface area (Å²) in [7, 11) is 0. The molecule has 0 radical (unpaired) electrons. The number of carbonyl (C=O) groups is 1. The quantitative estimate of drug-likeness (QED) is 0.864. The molecular weight excluding hydrogens is 240 g/mol. The third kappa shape index (κ3) is 3.45. The summed E-state index contributed by atoms with van der Waals surface area (Å²) in [4.78, 5) is 12.0. The summed E-state index contributed by atoms with van der Waals surface area (Å²) in [6, 6.07) is 11.0. The first-order valence-electron chi connectivity index (χ1n) is 6.34. The zero-order valence-electron chi connectivity index (χ0n) is 10.9. The third-order valence-electron chi connectivity index (χ3n) is 2.97. The molecular formula is C15H18N2O2. The molecule has 1 aromatic heterocycles. The smallest absolute Gasteiger partial charge is 0.251 e. The maximum Gasteiger partial charge on any atom is 0.251 e. The Morgan fingerprint density at radius 2 is 2.05 bits per heavy atom. The Hall–Kier alpha value is -2.07. The van der Waals surface area contributed by atoms with Crippen LogP contribution in [-0.2, 0) is 6.42 Å².